The van der Waals surface area contributed by atoms with Gasteiger partial charge < -0.3 is 14.8 Å². The molecule has 26 heavy (non-hydrogen) atoms. The standard InChI is InChI=1S/C19H28N4O3/c24-18(11-16-13-5-1-2-6-14(13)22-23-16)21-15-8-10-25-12-17(15)26-19-7-3-4-9-20-19/h3-4,7,9,13-17,22-23H,1-2,5-6,8,10-12H2,(H,21,24)/t13?,14?,15-,16?,17-/m1/s1. The van der Waals surface area contributed by atoms with Gasteiger partial charge in [0.25, 0.3) is 0 Å². The molecule has 4 rings (SSSR count). The number of carbonyl (C=O) groups excluding carboxylic acids is 1. The Morgan fingerprint density at radius 1 is 1.27 bits per heavy atom. The van der Waals surface area contributed by atoms with Crippen molar-refractivity contribution in [3.8, 4) is 5.88 Å². The summed E-state index contributed by atoms with van der Waals surface area (Å²) in [5, 5.41) is 3.17. The minimum absolute atomic E-state index is 0.0465. The van der Waals surface area contributed by atoms with Crippen molar-refractivity contribution in [1.29, 1.82) is 0 Å². The Balaban J connectivity index is 1.32. The summed E-state index contributed by atoms with van der Waals surface area (Å²) >= 11 is 0. The van der Waals surface area contributed by atoms with Gasteiger partial charge in [-0.15, -0.1) is 0 Å². The molecule has 2 aliphatic heterocycles. The van der Waals surface area contributed by atoms with Crippen LogP contribution in [0, 0.1) is 5.92 Å². The van der Waals surface area contributed by atoms with Crippen molar-refractivity contribution < 1.29 is 14.3 Å². The minimum atomic E-state index is -0.209. The molecule has 0 spiro atoms. The maximum atomic E-state index is 12.6. The first kappa shape index (κ1) is 17.7. The molecule has 3 heterocycles. The van der Waals surface area contributed by atoms with Crippen LogP contribution in [0.1, 0.15) is 38.5 Å². The highest BCUT2D eigenvalue weighted by Crippen LogP contribution is 2.31. The number of aromatic nitrogens is 1. The quantitative estimate of drug-likeness (QED) is 0.731. The van der Waals surface area contributed by atoms with Gasteiger partial charge in [0.15, 0.2) is 0 Å². The van der Waals surface area contributed by atoms with E-state index in [-0.39, 0.29) is 24.1 Å². The predicted molar refractivity (Wildman–Crippen MR) is 96.4 cm³/mol. The van der Waals surface area contributed by atoms with E-state index in [1.165, 1.54) is 25.7 Å². The highest BCUT2D eigenvalue weighted by molar-refractivity contribution is 5.77. The van der Waals surface area contributed by atoms with E-state index in [4.69, 9.17) is 9.47 Å². The van der Waals surface area contributed by atoms with Gasteiger partial charge in [0, 0.05) is 37.4 Å². The summed E-state index contributed by atoms with van der Waals surface area (Å²) in [5.74, 6) is 1.20. The smallest absolute Gasteiger partial charge is 0.221 e. The Morgan fingerprint density at radius 3 is 3.08 bits per heavy atom. The van der Waals surface area contributed by atoms with Gasteiger partial charge in [0.05, 0.1) is 12.6 Å². The zero-order valence-electron chi connectivity index (χ0n) is 15.0. The number of carbonyl (C=O) groups is 1. The van der Waals surface area contributed by atoms with Gasteiger partial charge >= 0.3 is 0 Å². The third kappa shape index (κ3) is 4.16. The molecule has 1 saturated carbocycles. The van der Waals surface area contributed by atoms with E-state index in [1.54, 1.807) is 6.20 Å². The molecule has 3 N–H and O–H groups in total. The molecular formula is C19H28N4O3. The van der Waals surface area contributed by atoms with E-state index in [1.807, 2.05) is 18.2 Å². The van der Waals surface area contributed by atoms with Gasteiger partial charge in [-0.25, -0.2) is 4.98 Å². The fraction of sp³-hybridized carbons (Fsp3) is 0.684. The highest BCUT2D eigenvalue weighted by atomic mass is 16.5. The second-order valence-electron chi connectivity index (χ2n) is 7.52. The maximum Gasteiger partial charge on any atom is 0.221 e. The molecule has 3 unspecified atom stereocenters. The number of hydrazine groups is 1. The van der Waals surface area contributed by atoms with Crippen molar-refractivity contribution in [3.05, 3.63) is 24.4 Å². The molecule has 1 amide bonds. The number of nitrogens with zero attached hydrogens (tertiary/aromatic N) is 1. The zero-order chi connectivity index (χ0) is 17.8. The van der Waals surface area contributed by atoms with Crippen LogP contribution in [-0.4, -0.2) is 48.3 Å². The molecule has 142 valence electrons. The summed E-state index contributed by atoms with van der Waals surface area (Å²) in [4.78, 5) is 16.9. The average molecular weight is 360 g/mol. The number of hydrogen-bond donors (Lipinski definition) is 3. The maximum absolute atomic E-state index is 12.6. The third-order valence-corrected chi connectivity index (χ3v) is 5.76. The molecule has 2 saturated heterocycles. The number of hydrogen-bond acceptors (Lipinski definition) is 6. The van der Waals surface area contributed by atoms with E-state index in [0.29, 0.717) is 37.5 Å². The van der Waals surface area contributed by atoms with Crippen LogP contribution in [0.3, 0.4) is 0 Å². The molecule has 7 heteroatoms. The number of amides is 1. The van der Waals surface area contributed by atoms with Crippen molar-refractivity contribution in [1.82, 2.24) is 21.2 Å². The first-order valence-electron chi connectivity index (χ1n) is 9.75. The fourth-order valence-electron chi connectivity index (χ4n) is 4.37. The Bertz CT molecular complexity index is 600. The Morgan fingerprint density at radius 2 is 2.19 bits per heavy atom. The molecule has 0 bridgehead atoms. The van der Waals surface area contributed by atoms with Gasteiger partial charge in [0.1, 0.15) is 6.10 Å². The number of pyridine rings is 1. The van der Waals surface area contributed by atoms with Crippen molar-refractivity contribution in [2.45, 2.75) is 62.8 Å². The SMILES string of the molecule is O=C(CC1NNC2CCCCC21)N[C@@H]1CCOC[C@H]1Oc1ccccn1. The largest absolute Gasteiger partial charge is 0.470 e. The topological polar surface area (TPSA) is 84.5 Å². The van der Waals surface area contributed by atoms with Crippen LogP contribution in [0.4, 0.5) is 0 Å². The number of rotatable bonds is 5. The highest BCUT2D eigenvalue weighted by Gasteiger charge is 2.38. The van der Waals surface area contributed by atoms with Crippen molar-refractivity contribution in [3.63, 3.8) is 0 Å². The van der Waals surface area contributed by atoms with Gasteiger partial charge in [-0.2, -0.15) is 0 Å². The molecule has 7 nitrogen and oxygen atoms in total. The predicted octanol–water partition coefficient (Wildman–Crippen LogP) is 1.16. The molecule has 5 atom stereocenters. The van der Waals surface area contributed by atoms with Gasteiger partial charge in [-0.1, -0.05) is 18.9 Å². The van der Waals surface area contributed by atoms with Crippen LogP contribution in [0.15, 0.2) is 24.4 Å². The Kier molecular flexibility index (Phi) is 5.67. The monoisotopic (exact) mass is 360 g/mol. The third-order valence-electron chi connectivity index (χ3n) is 5.76. The van der Waals surface area contributed by atoms with E-state index >= 15 is 0 Å². The first-order valence-corrected chi connectivity index (χ1v) is 9.75. The summed E-state index contributed by atoms with van der Waals surface area (Å²) in [6.07, 6.45) is 7.70. The minimum Gasteiger partial charge on any atom is -0.470 e. The number of fused-ring (bicyclic) bond motifs is 1. The summed E-state index contributed by atoms with van der Waals surface area (Å²) in [6.45, 7) is 1.11. The van der Waals surface area contributed by atoms with Gasteiger partial charge in [-0.3, -0.25) is 15.6 Å². The second kappa shape index (κ2) is 8.33. The summed E-state index contributed by atoms with van der Waals surface area (Å²) in [6, 6.07) is 6.25. The zero-order valence-corrected chi connectivity index (χ0v) is 15.0. The molecule has 3 fully saturated rings. The molecule has 1 aliphatic carbocycles. The van der Waals surface area contributed by atoms with Crippen LogP contribution in [0.5, 0.6) is 5.88 Å². The molecular weight excluding hydrogens is 332 g/mol. The second-order valence-corrected chi connectivity index (χ2v) is 7.52. The Labute approximate surface area is 154 Å². The van der Waals surface area contributed by atoms with Crippen molar-refractivity contribution in [2.24, 2.45) is 5.92 Å². The summed E-state index contributed by atoms with van der Waals surface area (Å²) < 4.78 is 11.5. The lowest BCUT2D eigenvalue weighted by Gasteiger charge is -2.32. The first-order chi connectivity index (χ1) is 12.8. The van der Waals surface area contributed by atoms with Crippen LogP contribution in [0.2, 0.25) is 0 Å². The van der Waals surface area contributed by atoms with Gasteiger partial charge in [-0.05, 0) is 31.2 Å². The molecule has 3 aliphatic rings. The summed E-state index contributed by atoms with van der Waals surface area (Å²) in [5.41, 5.74) is 6.72. The average Bonchev–Trinajstić information content (AvgIpc) is 3.07. The van der Waals surface area contributed by atoms with Crippen molar-refractivity contribution >= 4 is 5.91 Å². The summed E-state index contributed by atoms with van der Waals surface area (Å²) in [7, 11) is 0. The Hall–Kier alpha value is -1.70. The van der Waals surface area contributed by atoms with Crippen molar-refractivity contribution in [2.75, 3.05) is 13.2 Å². The van der Waals surface area contributed by atoms with E-state index < -0.39 is 0 Å². The normalized spacial score (nSPS) is 34.1. The molecule has 1 aromatic rings. The number of ether oxygens (including phenoxy) is 2. The van der Waals surface area contributed by atoms with E-state index in [2.05, 4.69) is 21.2 Å². The fourth-order valence-corrected chi connectivity index (χ4v) is 4.37. The van der Waals surface area contributed by atoms with Gasteiger partial charge in [0.2, 0.25) is 11.8 Å². The van der Waals surface area contributed by atoms with Crippen LogP contribution in [0.25, 0.3) is 0 Å². The lowest BCUT2D eigenvalue weighted by atomic mass is 9.81. The van der Waals surface area contributed by atoms with E-state index in [9.17, 15) is 4.79 Å². The molecule has 1 aromatic heterocycles. The molecule has 0 aromatic carbocycles. The van der Waals surface area contributed by atoms with E-state index in [0.717, 1.165) is 6.42 Å². The lowest BCUT2D eigenvalue weighted by Crippen LogP contribution is -2.52. The van der Waals surface area contributed by atoms with Crippen LogP contribution < -0.4 is 20.9 Å². The number of nitrogens with one attached hydrogen (secondary N) is 3. The van der Waals surface area contributed by atoms with Crippen LogP contribution in [-0.2, 0) is 9.53 Å². The molecule has 0 radical (unpaired) electrons. The lowest BCUT2D eigenvalue weighted by molar-refractivity contribution is -0.124. The van der Waals surface area contributed by atoms with Crippen LogP contribution >= 0.6 is 0 Å².